The van der Waals surface area contributed by atoms with Crippen molar-refractivity contribution in [3.05, 3.63) is 35.4 Å². The molecule has 0 aliphatic rings. The highest BCUT2D eigenvalue weighted by molar-refractivity contribution is 5.25. The molecule has 0 bridgehead atoms. The van der Waals surface area contributed by atoms with E-state index in [4.69, 9.17) is 5.73 Å². The molecule has 0 saturated heterocycles. The van der Waals surface area contributed by atoms with Gasteiger partial charge in [-0.2, -0.15) is 0 Å². The molecule has 96 valence electrons. The molecule has 0 heterocycles. The molecule has 1 rings (SSSR count). The highest BCUT2D eigenvalue weighted by atomic mass is 16.3. The van der Waals surface area contributed by atoms with Crippen LogP contribution in [0.3, 0.4) is 0 Å². The lowest BCUT2D eigenvalue weighted by molar-refractivity contribution is 0.0589. The zero-order valence-corrected chi connectivity index (χ0v) is 11.4. The third-order valence-electron chi connectivity index (χ3n) is 3.73. The number of aliphatic hydroxyl groups excluding tert-OH is 1. The first-order valence-electron chi connectivity index (χ1n) is 6.36. The molecule has 0 saturated carbocycles. The molecule has 17 heavy (non-hydrogen) atoms. The summed E-state index contributed by atoms with van der Waals surface area (Å²) in [5.74, 6) is 0.557. The first-order chi connectivity index (χ1) is 7.89. The van der Waals surface area contributed by atoms with Crippen LogP contribution in [0.4, 0.5) is 0 Å². The molecule has 0 aliphatic carbocycles. The fourth-order valence-corrected chi connectivity index (χ4v) is 1.88. The average molecular weight is 235 g/mol. The Balaban J connectivity index is 2.81. The average Bonchev–Trinajstić information content (AvgIpc) is 2.29. The zero-order chi connectivity index (χ0) is 13.1. The number of nitrogens with two attached hydrogens (primary N) is 1. The molecule has 2 atom stereocenters. The van der Waals surface area contributed by atoms with Gasteiger partial charge in [-0.25, -0.2) is 0 Å². The summed E-state index contributed by atoms with van der Waals surface area (Å²) < 4.78 is 0. The Labute approximate surface area is 105 Å². The van der Waals surface area contributed by atoms with Crippen LogP contribution in [0.1, 0.15) is 44.7 Å². The van der Waals surface area contributed by atoms with Crippen LogP contribution in [0.25, 0.3) is 0 Å². The maximum Gasteiger partial charge on any atom is 0.0580 e. The smallest absolute Gasteiger partial charge is 0.0580 e. The summed E-state index contributed by atoms with van der Waals surface area (Å²) in [6.45, 7) is 8.73. The summed E-state index contributed by atoms with van der Waals surface area (Å²) in [7, 11) is 0. The molecule has 3 N–H and O–H groups in total. The minimum Gasteiger partial charge on any atom is -0.393 e. The van der Waals surface area contributed by atoms with Crippen molar-refractivity contribution in [3.8, 4) is 0 Å². The quantitative estimate of drug-likeness (QED) is 0.824. The van der Waals surface area contributed by atoms with E-state index >= 15 is 0 Å². The van der Waals surface area contributed by atoms with Crippen molar-refractivity contribution in [2.24, 2.45) is 11.1 Å². The number of aliphatic hydroxyl groups is 1. The molecular formula is C15H25NO. The summed E-state index contributed by atoms with van der Waals surface area (Å²) in [5, 5.41) is 9.80. The molecule has 1 aromatic rings. The molecule has 0 amide bonds. The Kier molecular flexibility index (Phi) is 4.72. The van der Waals surface area contributed by atoms with Crippen molar-refractivity contribution in [2.45, 2.75) is 46.1 Å². The Morgan fingerprint density at radius 2 is 1.71 bits per heavy atom. The van der Waals surface area contributed by atoms with Crippen molar-refractivity contribution in [2.75, 3.05) is 6.54 Å². The fourth-order valence-electron chi connectivity index (χ4n) is 1.88. The van der Waals surface area contributed by atoms with Gasteiger partial charge in [0.25, 0.3) is 0 Å². The maximum atomic E-state index is 9.80. The van der Waals surface area contributed by atoms with Gasteiger partial charge in [0.2, 0.25) is 0 Å². The SMILES string of the molecule is CC(C)c1ccc(CC(C)(CN)C(C)O)cc1. The first kappa shape index (κ1) is 14.2. The van der Waals surface area contributed by atoms with Crippen LogP contribution < -0.4 is 5.73 Å². The van der Waals surface area contributed by atoms with Crippen LogP contribution in [0, 0.1) is 5.41 Å². The topological polar surface area (TPSA) is 46.2 Å². The predicted octanol–water partition coefficient (Wildman–Crippen LogP) is 2.70. The third-order valence-corrected chi connectivity index (χ3v) is 3.73. The summed E-state index contributed by atoms with van der Waals surface area (Å²) >= 11 is 0. The van der Waals surface area contributed by atoms with Gasteiger partial charge in [0.1, 0.15) is 0 Å². The van der Waals surface area contributed by atoms with Crippen LogP contribution in [0.2, 0.25) is 0 Å². The fraction of sp³-hybridized carbons (Fsp3) is 0.600. The van der Waals surface area contributed by atoms with Crippen molar-refractivity contribution in [1.29, 1.82) is 0 Å². The summed E-state index contributed by atoms with van der Waals surface area (Å²) in [6, 6.07) is 8.62. The maximum absolute atomic E-state index is 9.80. The molecule has 2 heteroatoms. The molecule has 0 aliphatic heterocycles. The van der Waals surface area contributed by atoms with Gasteiger partial charge in [0.05, 0.1) is 6.10 Å². The van der Waals surface area contributed by atoms with Gasteiger partial charge in [-0.1, -0.05) is 45.0 Å². The second-order valence-corrected chi connectivity index (χ2v) is 5.61. The van der Waals surface area contributed by atoms with Gasteiger partial charge < -0.3 is 10.8 Å². The first-order valence-corrected chi connectivity index (χ1v) is 6.36. The minimum absolute atomic E-state index is 0.237. The van der Waals surface area contributed by atoms with Crippen molar-refractivity contribution in [1.82, 2.24) is 0 Å². The van der Waals surface area contributed by atoms with E-state index in [1.165, 1.54) is 11.1 Å². The van der Waals surface area contributed by atoms with Crippen LogP contribution >= 0.6 is 0 Å². The molecular weight excluding hydrogens is 210 g/mol. The Hall–Kier alpha value is -0.860. The van der Waals surface area contributed by atoms with E-state index < -0.39 is 6.10 Å². The van der Waals surface area contributed by atoms with Crippen molar-refractivity contribution in [3.63, 3.8) is 0 Å². The molecule has 0 fully saturated rings. The van der Waals surface area contributed by atoms with Gasteiger partial charge in [-0.3, -0.25) is 0 Å². The third kappa shape index (κ3) is 3.55. The van der Waals surface area contributed by atoms with Gasteiger partial charge in [-0.05, 0) is 30.4 Å². The van der Waals surface area contributed by atoms with E-state index in [0.29, 0.717) is 12.5 Å². The van der Waals surface area contributed by atoms with Gasteiger partial charge in [0.15, 0.2) is 0 Å². The van der Waals surface area contributed by atoms with Gasteiger partial charge >= 0.3 is 0 Å². The van der Waals surface area contributed by atoms with Crippen LogP contribution in [-0.2, 0) is 6.42 Å². The Bertz CT molecular complexity index is 342. The van der Waals surface area contributed by atoms with E-state index in [1.807, 2.05) is 13.8 Å². The molecule has 1 aromatic carbocycles. The zero-order valence-electron chi connectivity index (χ0n) is 11.4. The van der Waals surface area contributed by atoms with Crippen LogP contribution in [-0.4, -0.2) is 17.8 Å². The molecule has 2 unspecified atom stereocenters. The minimum atomic E-state index is -0.391. The van der Waals surface area contributed by atoms with E-state index in [0.717, 1.165) is 6.42 Å². The summed E-state index contributed by atoms with van der Waals surface area (Å²) in [6.07, 6.45) is 0.428. The second-order valence-electron chi connectivity index (χ2n) is 5.61. The van der Waals surface area contributed by atoms with E-state index in [2.05, 4.69) is 38.1 Å². The monoisotopic (exact) mass is 235 g/mol. The standard InChI is InChI=1S/C15H25NO/c1-11(2)14-7-5-13(6-8-14)9-15(4,10-16)12(3)17/h5-8,11-12,17H,9-10,16H2,1-4H3. The molecule has 0 radical (unpaired) electrons. The lowest BCUT2D eigenvalue weighted by atomic mass is 9.79. The van der Waals surface area contributed by atoms with Crippen molar-refractivity contribution >= 4 is 0 Å². The second kappa shape index (κ2) is 5.65. The predicted molar refractivity (Wildman–Crippen MR) is 73.1 cm³/mol. The molecule has 0 spiro atoms. The number of hydrogen-bond donors (Lipinski definition) is 2. The number of rotatable bonds is 5. The normalized spacial score (nSPS) is 16.9. The number of benzene rings is 1. The highest BCUT2D eigenvalue weighted by Gasteiger charge is 2.28. The Morgan fingerprint density at radius 3 is 2.06 bits per heavy atom. The number of hydrogen-bond acceptors (Lipinski definition) is 2. The lowest BCUT2D eigenvalue weighted by Crippen LogP contribution is -2.39. The molecule has 2 nitrogen and oxygen atoms in total. The van der Waals surface area contributed by atoms with Crippen molar-refractivity contribution < 1.29 is 5.11 Å². The van der Waals surface area contributed by atoms with Gasteiger partial charge in [-0.15, -0.1) is 0 Å². The summed E-state index contributed by atoms with van der Waals surface area (Å²) in [5.41, 5.74) is 8.12. The lowest BCUT2D eigenvalue weighted by Gasteiger charge is -2.31. The summed E-state index contributed by atoms with van der Waals surface area (Å²) in [4.78, 5) is 0. The van der Waals surface area contributed by atoms with E-state index in [1.54, 1.807) is 0 Å². The largest absolute Gasteiger partial charge is 0.393 e. The highest BCUT2D eigenvalue weighted by Crippen LogP contribution is 2.26. The van der Waals surface area contributed by atoms with Gasteiger partial charge in [0, 0.05) is 12.0 Å². The van der Waals surface area contributed by atoms with Crippen LogP contribution in [0.5, 0.6) is 0 Å². The van der Waals surface area contributed by atoms with E-state index in [-0.39, 0.29) is 5.41 Å². The molecule has 0 aromatic heterocycles. The van der Waals surface area contributed by atoms with E-state index in [9.17, 15) is 5.11 Å². The van der Waals surface area contributed by atoms with Crippen LogP contribution in [0.15, 0.2) is 24.3 Å². The Morgan fingerprint density at radius 1 is 1.18 bits per heavy atom.